The molecule has 1 aliphatic heterocycles. The van der Waals surface area contributed by atoms with Crippen LogP contribution in [0, 0.1) is 21.4 Å². The summed E-state index contributed by atoms with van der Waals surface area (Å²) in [5.41, 5.74) is 1.81. The molecule has 1 saturated heterocycles. The number of anilines is 1. The summed E-state index contributed by atoms with van der Waals surface area (Å²) >= 11 is 0. The second-order valence-electron chi connectivity index (χ2n) is 5.94. The van der Waals surface area contributed by atoms with E-state index in [9.17, 15) is 14.9 Å². The number of nitro benzene ring substituents is 1. The van der Waals surface area contributed by atoms with E-state index in [-0.39, 0.29) is 17.9 Å². The number of rotatable bonds is 5. The Hall–Kier alpha value is -3.44. The van der Waals surface area contributed by atoms with Crippen molar-refractivity contribution in [1.29, 1.82) is 5.26 Å². The number of morpholine rings is 1. The Labute approximate surface area is 155 Å². The Morgan fingerprint density at radius 3 is 2.56 bits per heavy atom. The van der Waals surface area contributed by atoms with Gasteiger partial charge in [-0.05, 0) is 23.8 Å². The van der Waals surface area contributed by atoms with Crippen molar-refractivity contribution in [2.75, 3.05) is 31.2 Å². The molecule has 0 aliphatic carbocycles. The van der Waals surface area contributed by atoms with Gasteiger partial charge in [-0.25, -0.2) is 4.79 Å². The summed E-state index contributed by atoms with van der Waals surface area (Å²) in [4.78, 5) is 25.1. The van der Waals surface area contributed by atoms with Crippen LogP contribution in [-0.4, -0.2) is 37.2 Å². The fourth-order valence-corrected chi connectivity index (χ4v) is 2.78. The quantitative estimate of drug-likeness (QED) is 0.454. The number of nitro groups is 1. The van der Waals surface area contributed by atoms with E-state index in [4.69, 9.17) is 14.7 Å². The molecule has 8 nitrogen and oxygen atoms in total. The first-order chi connectivity index (χ1) is 13.1. The summed E-state index contributed by atoms with van der Waals surface area (Å²) in [5.74, 6) is -0.635. The van der Waals surface area contributed by atoms with Crippen LogP contribution in [0.25, 0.3) is 0 Å². The maximum Gasteiger partial charge on any atom is 0.340 e. The molecular weight excluding hydrogens is 350 g/mol. The summed E-state index contributed by atoms with van der Waals surface area (Å²) in [7, 11) is 0. The molecule has 1 aliphatic rings. The summed E-state index contributed by atoms with van der Waals surface area (Å²) in [6, 6.07) is 12.9. The van der Waals surface area contributed by atoms with Gasteiger partial charge in [0, 0.05) is 25.2 Å². The smallest absolute Gasteiger partial charge is 0.340 e. The predicted molar refractivity (Wildman–Crippen MR) is 96.4 cm³/mol. The second kappa shape index (κ2) is 8.29. The molecule has 0 atom stereocenters. The Morgan fingerprint density at radius 2 is 1.93 bits per heavy atom. The van der Waals surface area contributed by atoms with E-state index in [1.54, 1.807) is 30.3 Å². The number of nitrogens with zero attached hydrogens (tertiary/aromatic N) is 3. The highest BCUT2D eigenvalue weighted by molar-refractivity contribution is 5.96. The molecule has 3 rings (SSSR count). The Bertz CT molecular complexity index is 883. The zero-order valence-electron chi connectivity index (χ0n) is 14.5. The van der Waals surface area contributed by atoms with Crippen molar-refractivity contribution < 1.29 is 19.2 Å². The molecule has 1 heterocycles. The van der Waals surface area contributed by atoms with Gasteiger partial charge in [0.1, 0.15) is 6.61 Å². The molecule has 0 N–H and O–H groups in total. The number of carbonyl (C=O) groups excluding carboxylic acids is 1. The van der Waals surface area contributed by atoms with Crippen molar-refractivity contribution >= 4 is 17.3 Å². The minimum Gasteiger partial charge on any atom is -0.457 e. The second-order valence-corrected chi connectivity index (χ2v) is 5.94. The van der Waals surface area contributed by atoms with Crippen LogP contribution in [-0.2, 0) is 16.1 Å². The van der Waals surface area contributed by atoms with Crippen molar-refractivity contribution in [3.8, 4) is 6.07 Å². The molecular formula is C19H17N3O5. The first-order valence-corrected chi connectivity index (χ1v) is 8.36. The topological polar surface area (TPSA) is 106 Å². The maximum absolute atomic E-state index is 12.6. The number of nitriles is 1. The van der Waals surface area contributed by atoms with Gasteiger partial charge in [0.25, 0.3) is 5.69 Å². The summed E-state index contributed by atoms with van der Waals surface area (Å²) in [5, 5.41) is 19.9. The lowest BCUT2D eigenvalue weighted by molar-refractivity contribution is -0.384. The fraction of sp³-hybridized carbons (Fsp3) is 0.263. The zero-order chi connectivity index (χ0) is 19.2. The third-order valence-electron chi connectivity index (χ3n) is 4.22. The molecule has 0 spiro atoms. The van der Waals surface area contributed by atoms with Gasteiger partial charge in [-0.15, -0.1) is 0 Å². The Morgan fingerprint density at radius 1 is 1.22 bits per heavy atom. The molecule has 0 radical (unpaired) electrons. The van der Waals surface area contributed by atoms with Crippen molar-refractivity contribution in [1.82, 2.24) is 0 Å². The van der Waals surface area contributed by atoms with E-state index >= 15 is 0 Å². The van der Waals surface area contributed by atoms with Gasteiger partial charge < -0.3 is 14.4 Å². The minimum absolute atomic E-state index is 0.00971. The van der Waals surface area contributed by atoms with Crippen LogP contribution in [0.5, 0.6) is 0 Å². The molecule has 2 aromatic carbocycles. The lowest BCUT2D eigenvalue weighted by atomic mass is 10.1. The van der Waals surface area contributed by atoms with E-state index in [0.717, 1.165) is 5.56 Å². The fourth-order valence-electron chi connectivity index (χ4n) is 2.78. The van der Waals surface area contributed by atoms with E-state index in [0.29, 0.717) is 37.6 Å². The number of non-ortho nitro benzene ring substituents is 1. The summed E-state index contributed by atoms with van der Waals surface area (Å²) < 4.78 is 10.7. The number of benzene rings is 2. The van der Waals surface area contributed by atoms with Crippen LogP contribution in [0.4, 0.5) is 11.4 Å². The average molecular weight is 367 g/mol. The third kappa shape index (κ3) is 4.40. The van der Waals surface area contributed by atoms with Gasteiger partial charge in [-0.3, -0.25) is 10.1 Å². The van der Waals surface area contributed by atoms with Gasteiger partial charge in [-0.2, -0.15) is 5.26 Å². The zero-order valence-corrected chi connectivity index (χ0v) is 14.5. The van der Waals surface area contributed by atoms with Crippen LogP contribution in [0.2, 0.25) is 0 Å². The highest BCUT2D eigenvalue weighted by Crippen LogP contribution is 2.27. The number of ether oxygens (including phenoxy) is 2. The lowest BCUT2D eigenvalue weighted by Gasteiger charge is -2.30. The lowest BCUT2D eigenvalue weighted by Crippen LogP contribution is -2.37. The van der Waals surface area contributed by atoms with E-state index in [2.05, 4.69) is 0 Å². The Balaban J connectivity index is 1.81. The van der Waals surface area contributed by atoms with Crippen molar-refractivity contribution in [2.24, 2.45) is 0 Å². The summed E-state index contributed by atoms with van der Waals surface area (Å²) in [6.07, 6.45) is 0. The van der Waals surface area contributed by atoms with Crippen LogP contribution < -0.4 is 4.90 Å². The first kappa shape index (κ1) is 18.4. The number of hydrogen-bond acceptors (Lipinski definition) is 7. The SMILES string of the molecule is N#Cc1ccc(COC(=O)c2cc([N+](=O)[O-])ccc2N2CCOCC2)cc1. The van der Waals surface area contributed by atoms with Crippen LogP contribution in [0.3, 0.4) is 0 Å². The molecule has 0 bridgehead atoms. The molecule has 0 unspecified atom stereocenters. The van der Waals surface area contributed by atoms with Crippen molar-refractivity contribution in [3.05, 3.63) is 69.3 Å². The van der Waals surface area contributed by atoms with Crippen LogP contribution in [0.15, 0.2) is 42.5 Å². The van der Waals surface area contributed by atoms with Crippen molar-refractivity contribution in [3.63, 3.8) is 0 Å². The van der Waals surface area contributed by atoms with Crippen LogP contribution >= 0.6 is 0 Å². The number of esters is 1. The third-order valence-corrected chi connectivity index (χ3v) is 4.22. The molecule has 0 aromatic heterocycles. The molecule has 27 heavy (non-hydrogen) atoms. The van der Waals surface area contributed by atoms with E-state index in [1.165, 1.54) is 12.1 Å². The predicted octanol–water partition coefficient (Wildman–Crippen LogP) is 2.66. The number of carbonyl (C=O) groups is 1. The van der Waals surface area contributed by atoms with Gasteiger partial charge in [0.2, 0.25) is 0 Å². The van der Waals surface area contributed by atoms with Gasteiger partial charge >= 0.3 is 5.97 Å². The largest absolute Gasteiger partial charge is 0.457 e. The molecule has 2 aromatic rings. The molecule has 8 heteroatoms. The highest BCUT2D eigenvalue weighted by Gasteiger charge is 2.23. The monoisotopic (exact) mass is 367 g/mol. The molecule has 0 amide bonds. The van der Waals surface area contributed by atoms with Gasteiger partial charge in [0.15, 0.2) is 0 Å². The van der Waals surface area contributed by atoms with E-state index < -0.39 is 10.9 Å². The highest BCUT2D eigenvalue weighted by atomic mass is 16.6. The molecule has 138 valence electrons. The van der Waals surface area contributed by atoms with Gasteiger partial charge in [-0.1, -0.05) is 12.1 Å². The standard InChI is InChI=1S/C19H17N3O5/c20-12-14-1-3-15(4-2-14)13-27-19(23)17-11-16(22(24)25)5-6-18(17)21-7-9-26-10-8-21/h1-6,11H,7-10,13H2. The molecule has 1 fully saturated rings. The maximum atomic E-state index is 12.6. The average Bonchev–Trinajstić information content (AvgIpc) is 2.72. The van der Waals surface area contributed by atoms with Crippen molar-refractivity contribution in [2.45, 2.75) is 6.61 Å². The molecule has 0 saturated carbocycles. The normalized spacial score (nSPS) is 13.7. The van der Waals surface area contributed by atoms with Crippen LogP contribution in [0.1, 0.15) is 21.5 Å². The van der Waals surface area contributed by atoms with E-state index in [1.807, 2.05) is 11.0 Å². The first-order valence-electron chi connectivity index (χ1n) is 8.36. The van der Waals surface area contributed by atoms with Gasteiger partial charge in [0.05, 0.1) is 41.0 Å². The Kier molecular flexibility index (Phi) is 5.64. The summed E-state index contributed by atoms with van der Waals surface area (Å²) in [6.45, 7) is 2.24. The minimum atomic E-state index is -0.635. The number of hydrogen-bond donors (Lipinski definition) is 0.